The zero-order chi connectivity index (χ0) is 14.0. The number of anilines is 2. The van der Waals surface area contributed by atoms with Gasteiger partial charge in [0.25, 0.3) is 0 Å². The highest BCUT2D eigenvalue weighted by molar-refractivity contribution is 5.98. The molecule has 0 aromatic heterocycles. The van der Waals surface area contributed by atoms with E-state index in [2.05, 4.69) is 36.9 Å². The molecule has 1 heterocycles. The van der Waals surface area contributed by atoms with Crippen molar-refractivity contribution >= 4 is 17.3 Å². The molecule has 0 radical (unpaired) electrons. The maximum Gasteiger partial charge on any atom is 0.228 e. The van der Waals surface area contributed by atoms with Crippen LogP contribution in [0.4, 0.5) is 11.4 Å². The molecule has 0 bridgehead atoms. The van der Waals surface area contributed by atoms with Gasteiger partial charge in [0.05, 0.1) is 11.4 Å². The lowest BCUT2D eigenvalue weighted by molar-refractivity contribution is -0.118. The number of benzene rings is 1. The Hall–Kier alpha value is -1.55. The van der Waals surface area contributed by atoms with Gasteiger partial charge in [0.2, 0.25) is 5.91 Å². The quantitative estimate of drug-likeness (QED) is 0.904. The van der Waals surface area contributed by atoms with Crippen LogP contribution < -0.4 is 15.5 Å². The molecule has 19 heavy (non-hydrogen) atoms. The Morgan fingerprint density at radius 1 is 1.32 bits per heavy atom. The molecular weight excluding hydrogens is 238 g/mol. The van der Waals surface area contributed by atoms with Crippen LogP contribution in [0.15, 0.2) is 18.2 Å². The van der Waals surface area contributed by atoms with Crippen LogP contribution in [0.3, 0.4) is 0 Å². The van der Waals surface area contributed by atoms with Gasteiger partial charge in [-0.3, -0.25) is 4.79 Å². The first kappa shape index (κ1) is 13.9. The molecule has 4 heteroatoms. The van der Waals surface area contributed by atoms with Gasteiger partial charge in [0.15, 0.2) is 0 Å². The molecule has 0 saturated heterocycles. The molecule has 0 spiro atoms. The molecule has 2 N–H and O–H groups in total. The van der Waals surface area contributed by atoms with Gasteiger partial charge in [-0.25, -0.2) is 0 Å². The third-order valence-corrected chi connectivity index (χ3v) is 3.74. The Kier molecular flexibility index (Phi) is 4.10. The third kappa shape index (κ3) is 2.73. The molecule has 0 fully saturated rings. The number of hydrogen-bond acceptors (Lipinski definition) is 3. The zero-order valence-electron chi connectivity index (χ0n) is 12.0. The second kappa shape index (κ2) is 5.61. The van der Waals surface area contributed by atoms with Crippen molar-refractivity contribution in [3.63, 3.8) is 0 Å². The van der Waals surface area contributed by atoms with Crippen LogP contribution in [0.2, 0.25) is 0 Å². The Bertz CT molecular complexity index is 470. The van der Waals surface area contributed by atoms with Crippen molar-refractivity contribution in [1.82, 2.24) is 0 Å². The van der Waals surface area contributed by atoms with E-state index in [1.165, 1.54) is 5.56 Å². The van der Waals surface area contributed by atoms with Gasteiger partial charge >= 0.3 is 0 Å². The Balaban J connectivity index is 2.48. The van der Waals surface area contributed by atoms with E-state index in [0.717, 1.165) is 24.5 Å². The molecular formula is C15H23N3O. The summed E-state index contributed by atoms with van der Waals surface area (Å²) in [6.45, 7) is 6.46. The summed E-state index contributed by atoms with van der Waals surface area (Å²) in [4.78, 5) is 16.1. The lowest BCUT2D eigenvalue weighted by Gasteiger charge is -2.25. The van der Waals surface area contributed by atoms with Crippen LogP contribution >= 0.6 is 0 Å². The first-order chi connectivity index (χ1) is 9.04. The van der Waals surface area contributed by atoms with Gasteiger partial charge in [0, 0.05) is 33.1 Å². The van der Waals surface area contributed by atoms with Crippen molar-refractivity contribution in [1.29, 1.82) is 0 Å². The standard InChI is InChI=1S/C15H23N3O/c1-11(2)12-4-5-13-14(10-12)17(3)15(19)6-8-18(13)9-7-16/h4-5,10-11H,6-9,16H2,1-3H3. The first-order valence-corrected chi connectivity index (χ1v) is 6.90. The number of amides is 1. The molecule has 1 aliphatic heterocycles. The minimum atomic E-state index is 0.168. The predicted octanol–water partition coefficient (Wildman–Crippen LogP) is 1.94. The molecule has 0 atom stereocenters. The second-order valence-corrected chi connectivity index (χ2v) is 5.38. The van der Waals surface area contributed by atoms with E-state index in [0.29, 0.717) is 18.9 Å². The SMILES string of the molecule is CC(C)c1ccc2c(c1)N(C)C(=O)CCN2CCN. The number of carbonyl (C=O) groups excluding carboxylic acids is 1. The van der Waals surface area contributed by atoms with E-state index >= 15 is 0 Å². The van der Waals surface area contributed by atoms with Crippen LogP contribution in [0.25, 0.3) is 0 Å². The Morgan fingerprint density at radius 3 is 2.68 bits per heavy atom. The first-order valence-electron chi connectivity index (χ1n) is 6.90. The number of nitrogens with zero attached hydrogens (tertiary/aromatic N) is 2. The second-order valence-electron chi connectivity index (χ2n) is 5.38. The molecule has 104 valence electrons. The average Bonchev–Trinajstić information content (AvgIpc) is 2.51. The minimum Gasteiger partial charge on any atom is -0.368 e. The van der Waals surface area contributed by atoms with Crippen molar-refractivity contribution in [2.24, 2.45) is 5.73 Å². The van der Waals surface area contributed by atoms with Crippen molar-refractivity contribution in [2.45, 2.75) is 26.2 Å². The summed E-state index contributed by atoms with van der Waals surface area (Å²) < 4.78 is 0. The maximum atomic E-state index is 12.1. The van der Waals surface area contributed by atoms with Crippen LogP contribution in [0.5, 0.6) is 0 Å². The molecule has 0 aliphatic carbocycles. The van der Waals surface area contributed by atoms with E-state index < -0.39 is 0 Å². The van der Waals surface area contributed by atoms with E-state index in [4.69, 9.17) is 5.73 Å². The van der Waals surface area contributed by atoms with Crippen molar-refractivity contribution in [2.75, 3.05) is 36.5 Å². The molecule has 1 aromatic carbocycles. The summed E-state index contributed by atoms with van der Waals surface area (Å²) in [7, 11) is 1.86. The number of hydrogen-bond donors (Lipinski definition) is 1. The lowest BCUT2D eigenvalue weighted by Crippen LogP contribution is -2.30. The smallest absolute Gasteiger partial charge is 0.228 e. The highest BCUT2D eigenvalue weighted by Gasteiger charge is 2.23. The van der Waals surface area contributed by atoms with E-state index in [9.17, 15) is 4.79 Å². The number of rotatable bonds is 3. The summed E-state index contributed by atoms with van der Waals surface area (Å²) in [6.07, 6.45) is 0.544. The van der Waals surface area contributed by atoms with Crippen LogP contribution in [0.1, 0.15) is 31.7 Å². The Labute approximate surface area is 115 Å². The average molecular weight is 261 g/mol. The van der Waals surface area contributed by atoms with Crippen LogP contribution in [-0.4, -0.2) is 32.6 Å². The molecule has 0 saturated carbocycles. The normalized spacial score (nSPS) is 15.7. The number of nitrogens with two attached hydrogens (primary N) is 1. The lowest BCUT2D eigenvalue weighted by atomic mass is 10.0. The monoisotopic (exact) mass is 261 g/mol. The minimum absolute atomic E-state index is 0.168. The topological polar surface area (TPSA) is 49.6 Å². The van der Waals surface area contributed by atoms with Crippen molar-refractivity contribution in [3.05, 3.63) is 23.8 Å². The van der Waals surface area contributed by atoms with Gasteiger partial charge in [-0.2, -0.15) is 0 Å². The molecule has 4 nitrogen and oxygen atoms in total. The van der Waals surface area contributed by atoms with Crippen LogP contribution in [-0.2, 0) is 4.79 Å². The van der Waals surface area contributed by atoms with Crippen LogP contribution in [0, 0.1) is 0 Å². The van der Waals surface area contributed by atoms with Gasteiger partial charge in [0.1, 0.15) is 0 Å². The third-order valence-electron chi connectivity index (χ3n) is 3.74. The summed E-state index contributed by atoms with van der Waals surface area (Å²) in [5.41, 5.74) is 9.05. The van der Waals surface area contributed by atoms with Crippen molar-refractivity contribution < 1.29 is 4.79 Å². The summed E-state index contributed by atoms with van der Waals surface area (Å²) in [5.74, 6) is 0.627. The predicted molar refractivity (Wildman–Crippen MR) is 79.8 cm³/mol. The number of carbonyl (C=O) groups is 1. The van der Waals surface area contributed by atoms with Gasteiger partial charge < -0.3 is 15.5 Å². The van der Waals surface area contributed by atoms with Crippen molar-refractivity contribution in [3.8, 4) is 0 Å². The van der Waals surface area contributed by atoms with Gasteiger partial charge in [-0.05, 0) is 23.6 Å². The summed E-state index contributed by atoms with van der Waals surface area (Å²) >= 11 is 0. The zero-order valence-corrected chi connectivity index (χ0v) is 12.0. The van der Waals surface area contributed by atoms with E-state index in [1.807, 2.05) is 7.05 Å². The van der Waals surface area contributed by atoms with Gasteiger partial charge in [-0.15, -0.1) is 0 Å². The van der Waals surface area contributed by atoms with E-state index in [-0.39, 0.29) is 5.91 Å². The maximum absolute atomic E-state index is 12.1. The number of fused-ring (bicyclic) bond motifs is 1. The fourth-order valence-corrected chi connectivity index (χ4v) is 2.48. The molecule has 2 rings (SSSR count). The molecule has 1 aliphatic rings. The largest absolute Gasteiger partial charge is 0.368 e. The fraction of sp³-hybridized carbons (Fsp3) is 0.533. The molecule has 0 unspecified atom stereocenters. The summed E-state index contributed by atoms with van der Waals surface area (Å²) in [5, 5.41) is 0. The molecule has 1 aromatic rings. The van der Waals surface area contributed by atoms with E-state index in [1.54, 1.807) is 4.90 Å². The van der Waals surface area contributed by atoms with Gasteiger partial charge in [-0.1, -0.05) is 19.9 Å². The summed E-state index contributed by atoms with van der Waals surface area (Å²) in [6, 6.07) is 6.40. The Morgan fingerprint density at radius 2 is 2.05 bits per heavy atom. The fourth-order valence-electron chi connectivity index (χ4n) is 2.48. The highest BCUT2D eigenvalue weighted by atomic mass is 16.2. The molecule has 1 amide bonds. The highest BCUT2D eigenvalue weighted by Crippen LogP contribution is 2.34.